The van der Waals surface area contributed by atoms with Crippen LogP contribution in [0.1, 0.15) is 13.3 Å². The minimum absolute atomic E-state index is 0.819. The van der Waals surface area contributed by atoms with Gasteiger partial charge in [-0.1, -0.05) is 6.92 Å². The molecule has 0 radical (unpaired) electrons. The summed E-state index contributed by atoms with van der Waals surface area (Å²) in [6.45, 7) is 2.88. The zero-order valence-electron chi connectivity index (χ0n) is 4.16. The van der Waals surface area contributed by atoms with Crippen molar-refractivity contribution in [3.8, 4) is 0 Å². The summed E-state index contributed by atoms with van der Waals surface area (Å²) in [6.07, 6.45) is 1.10. The van der Waals surface area contributed by atoms with Crippen LogP contribution in [-0.4, -0.2) is 6.54 Å². The molecule has 0 atom stereocenters. The van der Waals surface area contributed by atoms with E-state index in [1.807, 2.05) is 0 Å². The maximum Gasteiger partial charge on any atom is 0.0832 e. The Morgan fingerprint density at radius 3 is 1.71 bits per heavy atom. The molecular weight excluding hydrogens is 137 g/mol. The molecule has 0 aliphatic rings. The lowest BCUT2D eigenvalue weighted by molar-refractivity contribution is 0.697. The highest BCUT2D eigenvalue weighted by atomic mass is 35.6. The molecule has 46 valence electrons. The van der Waals surface area contributed by atoms with Crippen molar-refractivity contribution in [2.75, 3.05) is 6.54 Å². The molecule has 0 aromatic heterocycles. The van der Waals surface area contributed by atoms with Crippen LogP contribution in [0.25, 0.3) is 0 Å². The number of hydrogen-bond acceptors (Lipinski definition) is 2. The molecule has 0 heterocycles. The standard InChI is InChI=1S/C3H9N.Cl2O/c1-2-3-4;1-3-2/h2-4H2,1H3;. The van der Waals surface area contributed by atoms with Crippen molar-refractivity contribution in [2.45, 2.75) is 13.3 Å². The van der Waals surface area contributed by atoms with Gasteiger partial charge in [-0.2, -0.15) is 3.84 Å². The summed E-state index contributed by atoms with van der Waals surface area (Å²) in [7, 11) is 0. The van der Waals surface area contributed by atoms with Crippen LogP contribution in [0, 0.1) is 0 Å². The third kappa shape index (κ3) is 58.5. The van der Waals surface area contributed by atoms with E-state index in [1.165, 1.54) is 0 Å². The number of nitrogens with two attached hydrogens (primary N) is 1. The summed E-state index contributed by atoms with van der Waals surface area (Å²) in [5.74, 6) is 0. The predicted octanol–water partition coefficient (Wildman–Crippen LogP) is 1.67. The first-order valence-corrected chi connectivity index (χ1v) is 2.54. The minimum Gasteiger partial charge on any atom is -0.330 e. The van der Waals surface area contributed by atoms with Gasteiger partial charge in [0.1, 0.15) is 0 Å². The Kier molecular flexibility index (Phi) is 24.0. The highest BCUT2D eigenvalue weighted by Gasteiger charge is 1.55. The summed E-state index contributed by atoms with van der Waals surface area (Å²) < 4.78 is 3.19. The van der Waals surface area contributed by atoms with E-state index in [2.05, 4.69) is 34.5 Å². The lowest BCUT2D eigenvalue weighted by Crippen LogP contribution is -1.93. The van der Waals surface area contributed by atoms with Crippen LogP contribution < -0.4 is 5.73 Å². The van der Waals surface area contributed by atoms with Gasteiger partial charge < -0.3 is 5.73 Å². The van der Waals surface area contributed by atoms with Crippen molar-refractivity contribution in [1.82, 2.24) is 0 Å². The smallest absolute Gasteiger partial charge is 0.0832 e. The Hall–Kier alpha value is 0.500. The average molecular weight is 146 g/mol. The zero-order chi connectivity index (χ0) is 6.12. The molecule has 0 bridgehead atoms. The molecule has 4 heteroatoms. The molecule has 0 aromatic rings. The fourth-order valence-electron chi connectivity index (χ4n) is 0. The Balaban J connectivity index is 0. The fourth-order valence-corrected chi connectivity index (χ4v) is 0. The SMILES string of the molecule is CCCN.ClOCl. The normalized spacial score (nSPS) is 6.86. The second kappa shape index (κ2) is 16.1. The molecule has 2 N–H and O–H groups in total. The fraction of sp³-hybridized carbons (Fsp3) is 1.00. The largest absolute Gasteiger partial charge is 0.330 e. The van der Waals surface area contributed by atoms with Crippen molar-refractivity contribution in [3.05, 3.63) is 0 Å². The Morgan fingerprint density at radius 2 is 1.71 bits per heavy atom. The second-order valence-corrected chi connectivity index (χ2v) is 1.31. The molecule has 0 aromatic carbocycles. The van der Waals surface area contributed by atoms with Crippen molar-refractivity contribution in [3.63, 3.8) is 0 Å². The van der Waals surface area contributed by atoms with Crippen LogP contribution in [0.3, 0.4) is 0 Å². The Labute approximate surface area is 53.9 Å². The van der Waals surface area contributed by atoms with Crippen LogP contribution in [0.15, 0.2) is 0 Å². The number of rotatable bonds is 1. The maximum absolute atomic E-state index is 5.03. The summed E-state index contributed by atoms with van der Waals surface area (Å²) in [5, 5.41) is 0. The van der Waals surface area contributed by atoms with Gasteiger partial charge in [-0.05, 0) is 13.0 Å². The first-order valence-electron chi connectivity index (χ1n) is 1.92. The van der Waals surface area contributed by atoms with Crippen molar-refractivity contribution in [1.29, 1.82) is 0 Å². The third-order valence-electron chi connectivity index (χ3n) is 0.289. The zero-order valence-corrected chi connectivity index (χ0v) is 5.67. The summed E-state index contributed by atoms with van der Waals surface area (Å²) in [4.78, 5) is 0. The lowest BCUT2D eigenvalue weighted by atomic mass is 10.5. The molecule has 0 aliphatic heterocycles. The quantitative estimate of drug-likeness (QED) is 0.610. The first-order chi connectivity index (χ1) is 3.33. The van der Waals surface area contributed by atoms with Gasteiger partial charge in [-0.3, -0.25) is 0 Å². The maximum atomic E-state index is 5.03. The van der Waals surface area contributed by atoms with Crippen molar-refractivity contribution < 1.29 is 3.84 Å². The van der Waals surface area contributed by atoms with E-state index < -0.39 is 0 Å². The van der Waals surface area contributed by atoms with Crippen LogP contribution in [0.4, 0.5) is 0 Å². The monoisotopic (exact) mass is 145 g/mol. The van der Waals surface area contributed by atoms with E-state index in [1.54, 1.807) is 0 Å². The van der Waals surface area contributed by atoms with Gasteiger partial charge in [0.05, 0.1) is 23.7 Å². The van der Waals surface area contributed by atoms with E-state index in [0.29, 0.717) is 0 Å². The molecule has 0 spiro atoms. The van der Waals surface area contributed by atoms with Crippen LogP contribution in [0.2, 0.25) is 0 Å². The Morgan fingerprint density at radius 1 is 1.57 bits per heavy atom. The van der Waals surface area contributed by atoms with Gasteiger partial charge in [0.2, 0.25) is 0 Å². The molecule has 0 saturated heterocycles. The van der Waals surface area contributed by atoms with Gasteiger partial charge in [-0.25, -0.2) is 0 Å². The van der Waals surface area contributed by atoms with E-state index in [9.17, 15) is 0 Å². The summed E-state index contributed by atoms with van der Waals surface area (Å²) >= 11 is 8.53. The third-order valence-corrected chi connectivity index (χ3v) is 0.289. The van der Waals surface area contributed by atoms with Crippen molar-refractivity contribution in [2.24, 2.45) is 5.73 Å². The van der Waals surface area contributed by atoms with Crippen LogP contribution in [0.5, 0.6) is 0 Å². The second-order valence-electron chi connectivity index (χ2n) is 0.847. The molecule has 0 rings (SSSR count). The highest BCUT2D eigenvalue weighted by Crippen LogP contribution is 1.78. The minimum atomic E-state index is 0.819. The summed E-state index contributed by atoms with van der Waals surface area (Å²) in [5.41, 5.74) is 5.03. The van der Waals surface area contributed by atoms with Gasteiger partial charge in [0.15, 0.2) is 0 Å². The first kappa shape index (κ1) is 10.5. The van der Waals surface area contributed by atoms with Crippen LogP contribution in [-0.2, 0) is 3.84 Å². The number of halogens is 2. The predicted molar refractivity (Wildman–Crippen MR) is 32.1 cm³/mol. The van der Waals surface area contributed by atoms with E-state index in [-0.39, 0.29) is 0 Å². The Bertz CT molecular complexity index is 20.4. The van der Waals surface area contributed by atoms with Gasteiger partial charge in [0.25, 0.3) is 0 Å². The molecule has 0 amide bonds. The molecule has 2 nitrogen and oxygen atoms in total. The molecule has 0 unspecified atom stereocenters. The molecule has 7 heavy (non-hydrogen) atoms. The lowest BCUT2D eigenvalue weighted by Gasteiger charge is -1.70. The van der Waals surface area contributed by atoms with Gasteiger partial charge in [0, 0.05) is 0 Å². The van der Waals surface area contributed by atoms with Gasteiger partial charge in [-0.15, -0.1) is 0 Å². The van der Waals surface area contributed by atoms with Crippen molar-refractivity contribution >= 4 is 23.7 Å². The van der Waals surface area contributed by atoms with Crippen LogP contribution >= 0.6 is 23.7 Å². The average Bonchev–Trinajstić information content (AvgIpc) is 1.69. The molecule has 0 saturated carbocycles. The topological polar surface area (TPSA) is 35.2 Å². The molecule has 0 fully saturated rings. The highest BCUT2D eigenvalue weighted by molar-refractivity contribution is 6.24. The van der Waals surface area contributed by atoms with E-state index in [4.69, 9.17) is 5.73 Å². The van der Waals surface area contributed by atoms with Gasteiger partial charge >= 0.3 is 0 Å². The molecular formula is C3H9Cl2NO. The van der Waals surface area contributed by atoms with E-state index in [0.717, 1.165) is 13.0 Å². The van der Waals surface area contributed by atoms with E-state index >= 15 is 0 Å². The number of hydrogen-bond donors (Lipinski definition) is 1. The summed E-state index contributed by atoms with van der Waals surface area (Å²) in [6, 6.07) is 0. The molecule has 0 aliphatic carbocycles.